The Morgan fingerprint density at radius 2 is 1.75 bits per heavy atom. The van der Waals surface area contributed by atoms with Crippen LogP contribution in [0.15, 0.2) is 0 Å². The SMILES string of the molecule is O=C(CN1CCC[C@H]1CO)N1CCCC2CCCCC21. The smallest absolute Gasteiger partial charge is 0.237 e. The van der Waals surface area contributed by atoms with Crippen LogP contribution in [-0.4, -0.2) is 59.1 Å². The maximum atomic E-state index is 12.7. The van der Waals surface area contributed by atoms with Gasteiger partial charge in [0.2, 0.25) is 5.91 Å². The second kappa shape index (κ2) is 6.44. The van der Waals surface area contributed by atoms with Gasteiger partial charge in [-0.15, -0.1) is 0 Å². The van der Waals surface area contributed by atoms with Gasteiger partial charge in [0, 0.05) is 18.6 Å². The topological polar surface area (TPSA) is 43.8 Å². The number of hydrogen-bond donors (Lipinski definition) is 1. The maximum absolute atomic E-state index is 12.7. The third-order valence-electron chi connectivity index (χ3n) is 5.61. The number of likely N-dealkylation sites (tertiary alicyclic amines) is 2. The first-order valence-corrected chi connectivity index (χ1v) is 8.44. The summed E-state index contributed by atoms with van der Waals surface area (Å²) in [5, 5.41) is 9.38. The summed E-state index contributed by atoms with van der Waals surface area (Å²) >= 11 is 0. The minimum atomic E-state index is 0.194. The minimum absolute atomic E-state index is 0.194. The molecule has 0 aromatic rings. The standard InChI is InChI=1S/C16H28N2O2/c19-12-14-7-4-9-17(14)11-16(20)18-10-3-6-13-5-1-2-8-15(13)18/h13-15,19H,1-12H2/t13?,14-,15?/m0/s1. The lowest BCUT2D eigenvalue weighted by Crippen LogP contribution is -2.53. The van der Waals surface area contributed by atoms with Crippen molar-refractivity contribution in [2.45, 2.75) is 63.5 Å². The molecule has 0 aromatic heterocycles. The average Bonchev–Trinajstić information content (AvgIpc) is 2.93. The number of aliphatic hydroxyl groups is 1. The van der Waals surface area contributed by atoms with Crippen LogP contribution in [0.5, 0.6) is 0 Å². The number of fused-ring (bicyclic) bond motifs is 1. The maximum Gasteiger partial charge on any atom is 0.237 e. The van der Waals surface area contributed by atoms with Crippen LogP contribution in [0.3, 0.4) is 0 Å². The molecular weight excluding hydrogens is 252 g/mol. The Hall–Kier alpha value is -0.610. The molecule has 4 nitrogen and oxygen atoms in total. The van der Waals surface area contributed by atoms with Gasteiger partial charge in [-0.1, -0.05) is 12.8 Å². The molecule has 2 saturated heterocycles. The van der Waals surface area contributed by atoms with Gasteiger partial charge in [-0.2, -0.15) is 0 Å². The van der Waals surface area contributed by atoms with Crippen molar-refractivity contribution in [3.8, 4) is 0 Å². The fourth-order valence-corrected chi connectivity index (χ4v) is 4.51. The fraction of sp³-hybridized carbons (Fsp3) is 0.938. The summed E-state index contributed by atoms with van der Waals surface area (Å²) in [7, 11) is 0. The van der Waals surface area contributed by atoms with E-state index in [-0.39, 0.29) is 12.6 Å². The number of amides is 1. The molecule has 2 heterocycles. The first-order valence-electron chi connectivity index (χ1n) is 8.44. The first kappa shape index (κ1) is 14.3. The summed E-state index contributed by atoms with van der Waals surface area (Å²) < 4.78 is 0. The Labute approximate surface area is 122 Å². The molecule has 3 fully saturated rings. The fourth-order valence-electron chi connectivity index (χ4n) is 4.51. The van der Waals surface area contributed by atoms with E-state index in [1.54, 1.807) is 0 Å². The zero-order valence-corrected chi connectivity index (χ0v) is 12.5. The van der Waals surface area contributed by atoms with E-state index >= 15 is 0 Å². The van der Waals surface area contributed by atoms with Crippen molar-refractivity contribution >= 4 is 5.91 Å². The molecule has 3 aliphatic rings. The molecule has 20 heavy (non-hydrogen) atoms. The van der Waals surface area contributed by atoms with Gasteiger partial charge >= 0.3 is 0 Å². The predicted molar refractivity (Wildman–Crippen MR) is 78.4 cm³/mol. The second-order valence-corrected chi connectivity index (χ2v) is 6.79. The van der Waals surface area contributed by atoms with Crippen LogP contribution >= 0.6 is 0 Å². The molecule has 4 heteroatoms. The Kier molecular flexibility index (Phi) is 4.61. The second-order valence-electron chi connectivity index (χ2n) is 6.79. The Morgan fingerprint density at radius 3 is 2.60 bits per heavy atom. The van der Waals surface area contributed by atoms with E-state index in [2.05, 4.69) is 9.80 Å². The number of aliphatic hydroxyl groups excluding tert-OH is 1. The first-order chi connectivity index (χ1) is 9.79. The highest BCUT2D eigenvalue weighted by Gasteiger charge is 2.36. The predicted octanol–water partition coefficient (Wildman–Crippen LogP) is 1.62. The number of hydrogen-bond acceptors (Lipinski definition) is 3. The van der Waals surface area contributed by atoms with E-state index in [0.29, 0.717) is 18.5 Å². The van der Waals surface area contributed by atoms with Crippen LogP contribution in [0.25, 0.3) is 0 Å². The monoisotopic (exact) mass is 280 g/mol. The van der Waals surface area contributed by atoms with Gasteiger partial charge in [0.05, 0.1) is 13.2 Å². The van der Waals surface area contributed by atoms with Crippen molar-refractivity contribution in [1.82, 2.24) is 9.80 Å². The number of nitrogens with zero attached hydrogens (tertiary/aromatic N) is 2. The van der Waals surface area contributed by atoms with E-state index < -0.39 is 0 Å². The number of piperidine rings is 1. The highest BCUT2D eigenvalue weighted by Crippen LogP contribution is 2.35. The van der Waals surface area contributed by atoms with Gasteiger partial charge in [0.25, 0.3) is 0 Å². The van der Waals surface area contributed by atoms with Crippen LogP contribution in [0.4, 0.5) is 0 Å². The summed E-state index contributed by atoms with van der Waals surface area (Å²) in [4.78, 5) is 17.0. The van der Waals surface area contributed by atoms with E-state index in [9.17, 15) is 9.90 Å². The molecule has 114 valence electrons. The van der Waals surface area contributed by atoms with Gasteiger partial charge < -0.3 is 10.0 Å². The molecule has 2 unspecified atom stereocenters. The van der Waals surface area contributed by atoms with Crippen LogP contribution in [0.2, 0.25) is 0 Å². The minimum Gasteiger partial charge on any atom is -0.395 e. The van der Waals surface area contributed by atoms with Gasteiger partial charge in [0.15, 0.2) is 0 Å². The van der Waals surface area contributed by atoms with Crippen molar-refractivity contribution in [3.63, 3.8) is 0 Å². The molecular formula is C16H28N2O2. The molecule has 1 aliphatic carbocycles. The summed E-state index contributed by atoms with van der Waals surface area (Å²) in [6, 6.07) is 0.728. The van der Waals surface area contributed by atoms with Gasteiger partial charge in [0.1, 0.15) is 0 Å². The highest BCUT2D eigenvalue weighted by atomic mass is 16.3. The summed E-state index contributed by atoms with van der Waals surface area (Å²) in [6.45, 7) is 2.64. The van der Waals surface area contributed by atoms with E-state index in [1.807, 2.05) is 0 Å². The molecule has 0 radical (unpaired) electrons. The van der Waals surface area contributed by atoms with E-state index in [1.165, 1.54) is 38.5 Å². The molecule has 1 N–H and O–H groups in total. The average molecular weight is 280 g/mol. The van der Waals surface area contributed by atoms with Crippen molar-refractivity contribution in [2.24, 2.45) is 5.92 Å². The van der Waals surface area contributed by atoms with Gasteiger partial charge in [-0.3, -0.25) is 9.69 Å². The van der Waals surface area contributed by atoms with Crippen molar-refractivity contribution in [3.05, 3.63) is 0 Å². The zero-order valence-electron chi connectivity index (χ0n) is 12.5. The summed E-state index contributed by atoms with van der Waals surface area (Å²) in [5.41, 5.74) is 0. The zero-order chi connectivity index (χ0) is 13.9. The third-order valence-corrected chi connectivity index (χ3v) is 5.61. The molecule has 1 saturated carbocycles. The largest absolute Gasteiger partial charge is 0.395 e. The van der Waals surface area contributed by atoms with Crippen LogP contribution < -0.4 is 0 Å². The number of carbonyl (C=O) groups is 1. The normalized spacial score (nSPS) is 35.0. The lowest BCUT2D eigenvalue weighted by molar-refractivity contribution is -0.139. The molecule has 2 aliphatic heterocycles. The summed E-state index contributed by atoms with van der Waals surface area (Å²) in [6.07, 6.45) is 9.81. The van der Waals surface area contributed by atoms with E-state index in [0.717, 1.165) is 31.8 Å². The Morgan fingerprint density at radius 1 is 1.00 bits per heavy atom. The third kappa shape index (κ3) is 2.86. The lowest BCUT2D eigenvalue weighted by Gasteiger charge is -2.44. The molecule has 3 rings (SSSR count). The van der Waals surface area contributed by atoms with Gasteiger partial charge in [-0.05, 0) is 51.0 Å². The van der Waals surface area contributed by atoms with Crippen LogP contribution in [-0.2, 0) is 4.79 Å². The van der Waals surface area contributed by atoms with Gasteiger partial charge in [-0.25, -0.2) is 0 Å². The lowest BCUT2D eigenvalue weighted by atomic mass is 9.78. The Bertz CT molecular complexity index is 345. The number of carbonyl (C=O) groups excluding carboxylic acids is 1. The van der Waals surface area contributed by atoms with Crippen LogP contribution in [0.1, 0.15) is 51.4 Å². The van der Waals surface area contributed by atoms with Crippen molar-refractivity contribution in [1.29, 1.82) is 0 Å². The van der Waals surface area contributed by atoms with Crippen molar-refractivity contribution < 1.29 is 9.90 Å². The Balaban J connectivity index is 1.60. The van der Waals surface area contributed by atoms with Crippen molar-refractivity contribution in [2.75, 3.05) is 26.2 Å². The number of rotatable bonds is 3. The summed E-state index contributed by atoms with van der Waals surface area (Å²) in [5.74, 6) is 1.07. The van der Waals surface area contributed by atoms with E-state index in [4.69, 9.17) is 0 Å². The van der Waals surface area contributed by atoms with Crippen LogP contribution in [0, 0.1) is 5.92 Å². The molecule has 0 spiro atoms. The molecule has 0 bridgehead atoms. The molecule has 0 aromatic carbocycles. The highest BCUT2D eigenvalue weighted by molar-refractivity contribution is 5.78. The molecule has 1 amide bonds. The molecule has 3 atom stereocenters. The quantitative estimate of drug-likeness (QED) is 0.854.